The van der Waals surface area contributed by atoms with Crippen LogP contribution in [0.4, 0.5) is 10.1 Å². The molecule has 120 valence electrons. The molecule has 1 heterocycles. The molecule has 3 atom stereocenters. The number of para-hydroxylation sites is 1. The summed E-state index contributed by atoms with van der Waals surface area (Å²) >= 11 is 6.22. The van der Waals surface area contributed by atoms with Crippen LogP contribution >= 0.6 is 11.6 Å². The predicted molar refractivity (Wildman–Crippen MR) is 87.1 cm³/mol. The lowest BCUT2D eigenvalue weighted by molar-refractivity contribution is -0.125. The van der Waals surface area contributed by atoms with Crippen molar-refractivity contribution in [1.82, 2.24) is 5.32 Å². The zero-order chi connectivity index (χ0) is 15.5. The molecule has 1 aliphatic carbocycles. The van der Waals surface area contributed by atoms with Gasteiger partial charge in [-0.05, 0) is 44.2 Å². The SMILES string of the molecule is O=C(NC1CCCC(F)C1)C1CCN(c2ccccc2Cl)C1. The minimum atomic E-state index is -0.762. The second-order valence-corrected chi connectivity index (χ2v) is 6.76. The van der Waals surface area contributed by atoms with E-state index in [1.807, 2.05) is 24.3 Å². The molecule has 3 nitrogen and oxygen atoms in total. The van der Waals surface area contributed by atoms with E-state index in [9.17, 15) is 9.18 Å². The van der Waals surface area contributed by atoms with Crippen LogP contribution in [-0.2, 0) is 4.79 Å². The number of nitrogens with one attached hydrogen (secondary N) is 1. The average molecular weight is 325 g/mol. The van der Waals surface area contributed by atoms with Crippen LogP contribution in [-0.4, -0.2) is 31.2 Å². The Morgan fingerprint density at radius 3 is 2.86 bits per heavy atom. The van der Waals surface area contributed by atoms with Gasteiger partial charge in [0.15, 0.2) is 0 Å². The Labute approximate surface area is 135 Å². The molecular formula is C17H22ClFN2O. The monoisotopic (exact) mass is 324 g/mol. The highest BCUT2D eigenvalue weighted by atomic mass is 35.5. The van der Waals surface area contributed by atoms with E-state index in [1.165, 1.54) is 0 Å². The van der Waals surface area contributed by atoms with E-state index in [2.05, 4.69) is 10.2 Å². The first-order valence-electron chi connectivity index (χ1n) is 8.07. The van der Waals surface area contributed by atoms with Gasteiger partial charge in [0.05, 0.1) is 16.6 Å². The van der Waals surface area contributed by atoms with E-state index in [0.717, 1.165) is 36.5 Å². The number of hydrogen-bond donors (Lipinski definition) is 1. The molecular weight excluding hydrogens is 303 g/mol. The molecule has 0 aromatic heterocycles. The maximum atomic E-state index is 13.4. The number of halogens is 2. The fourth-order valence-corrected chi connectivity index (χ4v) is 3.74. The lowest BCUT2D eigenvalue weighted by Gasteiger charge is -2.26. The lowest BCUT2D eigenvalue weighted by Crippen LogP contribution is -2.42. The quantitative estimate of drug-likeness (QED) is 0.922. The standard InChI is InChI=1S/C17H22ClFN2O/c18-15-6-1-2-7-16(15)21-9-8-12(11-21)17(22)20-14-5-3-4-13(19)10-14/h1-2,6-7,12-14H,3-5,8-11H2,(H,20,22). The van der Waals surface area contributed by atoms with Gasteiger partial charge in [-0.3, -0.25) is 4.79 Å². The zero-order valence-corrected chi connectivity index (χ0v) is 13.4. The number of benzene rings is 1. The molecule has 5 heteroatoms. The van der Waals surface area contributed by atoms with Crippen LogP contribution in [0, 0.1) is 5.92 Å². The number of amides is 1. The normalized spacial score (nSPS) is 28.6. The first kappa shape index (κ1) is 15.6. The van der Waals surface area contributed by atoms with Crippen molar-refractivity contribution in [3.63, 3.8) is 0 Å². The Kier molecular flexibility index (Phi) is 4.87. The van der Waals surface area contributed by atoms with Crippen molar-refractivity contribution in [2.75, 3.05) is 18.0 Å². The summed E-state index contributed by atoms with van der Waals surface area (Å²) in [6, 6.07) is 7.72. The van der Waals surface area contributed by atoms with Crippen LogP contribution in [0.1, 0.15) is 32.1 Å². The van der Waals surface area contributed by atoms with Crippen LogP contribution in [0.2, 0.25) is 5.02 Å². The molecule has 1 aliphatic heterocycles. The molecule has 0 bridgehead atoms. The van der Waals surface area contributed by atoms with E-state index in [-0.39, 0.29) is 17.9 Å². The summed E-state index contributed by atoms with van der Waals surface area (Å²) in [5.41, 5.74) is 0.987. The van der Waals surface area contributed by atoms with Crippen LogP contribution < -0.4 is 10.2 Å². The van der Waals surface area contributed by atoms with Gasteiger partial charge < -0.3 is 10.2 Å². The lowest BCUT2D eigenvalue weighted by atomic mass is 9.93. The second-order valence-electron chi connectivity index (χ2n) is 6.35. The van der Waals surface area contributed by atoms with Gasteiger partial charge >= 0.3 is 0 Å². The summed E-state index contributed by atoms with van der Waals surface area (Å²) in [5.74, 6) is 0.0323. The van der Waals surface area contributed by atoms with E-state index >= 15 is 0 Å². The van der Waals surface area contributed by atoms with E-state index < -0.39 is 6.17 Å². The molecule has 0 spiro atoms. The summed E-state index contributed by atoms with van der Waals surface area (Å²) in [6.45, 7) is 1.51. The molecule has 0 radical (unpaired) electrons. The molecule has 2 fully saturated rings. The molecule has 1 aromatic rings. The predicted octanol–water partition coefficient (Wildman–Crippen LogP) is 3.56. The van der Waals surface area contributed by atoms with Gasteiger partial charge in [0.25, 0.3) is 0 Å². The molecule has 1 amide bonds. The maximum absolute atomic E-state index is 13.4. The van der Waals surface area contributed by atoms with Gasteiger partial charge in [-0.2, -0.15) is 0 Å². The molecule has 3 rings (SSSR count). The minimum Gasteiger partial charge on any atom is -0.370 e. The van der Waals surface area contributed by atoms with Crippen LogP contribution in [0.15, 0.2) is 24.3 Å². The van der Waals surface area contributed by atoms with Crippen molar-refractivity contribution in [3.05, 3.63) is 29.3 Å². The summed E-state index contributed by atoms with van der Waals surface area (Å²) in [6.07, 6.45) is 2.92. The Morgan fingerprint density at radius 1 is 1.27 bits per heavy atom. The highest BCUT2D eigenvalue weighted by molar-refractivity contribution is 6.33. The topological polar surface area (TPSA) is 32.3 Å². The molecule has 2 aliphatic rings. The number of carbonyl (C=O) groups excluding carboxylic acids is 1. The number of anilines is 1. The molecule has 1 saturated carbocycles. The number of hydrogen-bond acceptors (Lipinski definition) is 2. The van der Waals surface area contributed by atoms with Crippen molar-refractivity contribution in [2.45, 2.75) is 44.3 Å². The van der Waals surface area contributed by atoms with Crippen LogP contribution in [0.5, 0.6) is 0 Å². The van der Waals surface area contributed by atoms with Gasteiger partial charge in [0.2, 0.25) is 5.91 Å². The molecule has 1 aromatic carbocycles. The third-order valence-corrected chi connectivity index (χ3v) is 5.03. The summed E-state index contributed by atoms with van der Waals surface area (Å²) in [4.78, 5) is 14.5. The first-order valence-corrected chi connectivity index (χ1v) is 8.45. The van der Waals surface area contributed by atoms with Gasteiger partial charge in [-0.1, -0.05) is 23.7 Å². The van der Waals surface area contributed by atoms with Crippen molar-refractivity contribution in [2.24, 2.45) is 5.92 Å². The zero-order valence-electron chi connectivity index (χ0n) is 12.6. The van der Waals surface area contributed by atoms with Crippen LogP contribution in [0.25, 0.3) is 0 Å². The summed E-state index contributed by atoms with van der Waals surface area (Å²) in [7, 11) is 0. The third kappa shape index (κ3) is 3.54. The van der Waals surface area contributed by atoms with Crippen molar-refractivity contribution in [3.8, 4) is 0 Å². The molecule has 1 saturated heterocycles. The molecule has 3 unspecified atom stereocenters. The Hall–Kier alpha value is -1.29. The van der Waals surface area contributed by atoms with E-state index in [0.29, 0.717) is 19.4 Å². The highest BCUT2D eigenvalue weighted by Crippen LogP contribution is 2.30. The fraction of sp³-hybridized carbons (Fsp3) is 0.588. The minimum absolute atomic E-state index is 0.00520. The molecule has 22 heavy (non-hydrogen) atoms. The van der Waals surface area contributed by atoms with Crippen LogP contribution in [0.3, 0.4) is 0 Å². The highest BCUT2D eigenvalue weighted by Gasteiger charge is 2.31. The summed E-state index contributed by atoms with van der Waals surface area (Å²) < 4.78 is 13.4. The number of rotatable bonds is 3. The van der Waals surface area contributed by atoms with Gasteiger partial charge in [0.1, 0.15) is 6.17 Å². The number of alkyl halides is 1. The Balaban J connectivity index is 1.56. The number of carbonyl (C=O) groups is 1. The smallest absolute Gasteiger partial charge is 0.225 e. The third-order valence-electron chi connectivity index (χ3n) is 4.71. The van der Waals surface area contributed by atoms with Gasteiger partial charge in [-0.25, -0.2) is 4.39 Å². The van der Waals surface area contributed by atoms with Gasteiger partial charge in [-0.15, -0.1) is 0 Å². The first-order chi connectivity index (χ1) is 10.6. The van der Waals surface area contributed by atoms with Crippen molar-refractivity contribution >= 4 is 23.2 Å². The maximum Gasteiger partial charge on any atom is 0.225 e. The van der Waals surface area contributed by atoms with E-state index in [1.54, 1.807) is 0 Å². The summed E-state index contributed by atoms with van der Waals surface area (Å²) in [5, 5.41) is 3.76. The largest absolute Gasteiger partial charge is 0.370 e. The van der Waals surface area contributed by atoms with Crippen molar-refractivity contribution in [1.29, 1.82) is 0 Å². The number of nitrogens with zero attached hydrogens (tertiary/aromatic N) is 1. The Morgan fingerprint density at radius 2 is 2.09 bits per heavy atom. The molecule has 1 N–H and O–H groups in total. The second kappa shape index (κ2) is 6.86. The van der Waals surface area contributed by atoms with Gasteiger partial charge in [0, 0.05) is 19.1 Å². The Bertz CT molecular complexity index is 539. The van der Waals surface area contributed by atoms with E-state index in [4.69, 9.17) is 11.6 Å². The average Bonchev–Trinajstić information content (AvgIpc) is 2.97. The fourth-order valence-electron chi connectivity index (χ4n) is 3.48. The van der Waals surface area contributed by atoms with Crippen molar-refractivity contribution < 1.29 is 9.18 Å².